The molecule has 5 nitrogen and oxygen atoms in total. The highest BCUT2D eigenvalue weighted by molar-refractivity contribution is 7.89. The van der Waals surface area contributed by atoms with E-state index in [-0.39, 0.29) is 10.8 Å². The predicted molar refractivity (Wildman–Crippen MR) is 78.9 cm³/mol. The third kappa shape index (κ3) is 4.18. The first-order valence-electron chi connectivity index (χ1n) is 6.27. The van der Waals surface area contributed by atoms with Crippen molar-refractivity contribution in [2.45, 2.75) is 24.7 Å². The van der Waals surface area contributed by atoms with Crippen molar-refractivity contribution < 1.29 is 13.2 Å². The Kier molecular flexibility index (Phi) is 5.47. The maximum Gasteiger partial charge on any atom is 0.253 e. The van der Waals surface area contributed by atoms with E-state index >= 15 is 0 Å². The molecule has 0 aromatic heterocycles. The Morgan fingerprint density at radius 3 is 2.60 bits per heavy atom. The van der Waals surface area contributed by atoms with E-state index in [4.69, 9.17) is 5.14 Å². The van der Waals surface area contributed by atoms with E-state index in [0.717, 1.165) is 12.8 Å². The van der Waals surface area contributed by atoms with Crippen molar-refractivity contribution in [2.24, 2.45) is 5.14 Å². The molecule has 1 aromatic carbocycles. The summed E-state index contributed by atoms with van der Waals surface area (Å²) in [6.07, 6.45) is 3.51. The summed E-state index contributed by atoms with van der Waals surface area (Å²) in [6, 6.07) is 4.27. The molecular formula is C14H20N2O3S. The molecule has 0 spiro atoms. The van der Waals surface area contributed by atoms with Crippen LogP contribution in [-0.4, -0.2) is 32.8 Å². The monoisotopic (exact) mass is 296 g/mol. The first-order chi connectivity index (χ1) is 9.27. The van der Waals surface area contributed by atoms with E-state index in [1.54, 1.807) is 18.9 Å². The highest BCUT2D eigenvalue weighted by Gasteiger charge is 2.16. The van der Waals surface area contributed by atoms with E-state index in [1.165, 1.54) is 18.2 Å². The van der Waals surface area contributed by atoms with Gasteiger partial charge in [0.2, 0.25) is 10.0 Å². The highest BCUT2D eigenvalue weighted by atomic mass is 32.2. The van der Waals surface area contributed by atoms with Gasteiger partial charge >= 0.3 is 0 Å². The van der Waals surface area contributed by atoms with Crippen molar-refractivity contribution in [1.29, 1.82) is 0 Å². The van der Waals surface area contributed by atoms with Gasteiger partial charge in [0.25, 0.3) is 5.91 Å². The Hall–Kier alpha value is -1.66. The van der Waals surface area contributed by atoms with E-state index in [2.05, 4.69) is 6.58 Å². The van der Waals surface area contributed by atoms with Gasteiger partial charge < -0.3 is 4.90 Å². The second-order valence-corrected chi connectivity index (χ2v) is 6.24. The van der Waals surface area contributed by atoms with Crippen molar-refractivity contribution >= 4 is 15.9 Å². The molecule has 0 saturated heterocycles. The van der Waals surface area contributed by atoms with Crippen molar-refractivity contribution in [3.05, 3.63) is 42.0 Å². The minimum atomic E-state index is -3.74. The summed E-state index contributed by atoms with van der Waals surface area (Å²) < 4.78 is 22.5. The largest absolute Gasteiger partial charge is 0.342 e. The van der Waals surface area contributed by atoms with Gasteiger partial charge in [-0.2, -0.15) is 0 Å². The molecule has 0 radical (unpaired) electrons. The van der Waals surface area contributed by atoms with E-state index in [0.29, 0.717) is 17.7 Å². The molecule has 0 unspecified atom stereocenters. The summed E-state index contributed by atoms with van der Waals surface area (Å²) >= 11 is 0. The third-order valence-corrected chi connectivity index (χ3v) is 3.92. The van der Waals surface area contributed by atoms with Gasteiger partial charge in [-0.25, -0.2) is 13.6 Å². The molecule has 0 fully saturated rings. The number of hydrogen-bond acceptors (Lipinski definition) is 3. The van der Waals surface area contributed by atoms with Gasteiger partial charge in [-0.1, -0.05) is 6.08 Å². The molecule has 0 bridgehead atoms. The number of unbranched alkanes of at least 4 members (excludes halogenated alkanes) is 1. The first-order valence-corrected chi connectivity index (χ1v) is 7.82. The molecule has 0 aliphatic carbocycles. The molecule has 0 atom stereocenters. The SMILES string of the molecule is C=CCCCN(C)C(=O)c1ccc(S(N)(=O)=O)cc1C. The van der Waals surface area contributed by atoms with Crippen LogP contribution in [0.25, 0.3) is 0 Å². The number of allylic oxidation sites excluding steroid dienone is 1. The fourth-order valence-electron chi connectivity index (χ4n) is 1.83. The first kappa shape index (κ1) is 16.4. The molecule has 6 heteroatoms. The number of sulfonamides is 1. The summed E-state index contributed by atoms with van der Waals surface area (Å²) in [5.74, 6) is -0.132. The number of carbonyl (C=O) groups excluding carboxylic acids is 1. The van der Waals surface area contributed by atoms with E-state index < -0.39 is 10.0 Å². The van der Waals surface area contributed by atoms with Crippen LogP contribution in [0, 0.1) is 6.92 Å². The summed E-state index contributed by atoms with van der Waals surface area (Å²) in [7, 11) is -2.02. The van der Waals surface area contributed by atoms with Crippen LogP contribution in [0.3, 0.4) is 0 Å². The number of nitrogens with zero attached hydrogens (tertiary/aromatic N) is 1. The fourth-order valence-corrected chi connectivity index (χ4v) is 2.43. The molecule has 0 aliphatic heterocycles. The second kappa shape index (κ2) is 6.67. The standard InChI is InChI=1S/C14H20N2O3S/c1-4-5-6-9-16(3)14(17)13-8-7-12(10-11(13)2)20(15,18)19/h4,7-8,10H,1,5-6,9H2,2-3H3,(H2,15,18,19). The highest BCUT2D eigenvalue weighted by Crippen LogP contribution is 2.16. The number of aryl methyl sites for hydroxylation is 1. The Labute approximate surface area is 120 Å². The smallest absolute Gasteiger partial charge is 0.253 e. The van der Waals surface area contributed by atoms with Gasteiger partial charge in [0.15, 0.2) is 0 Å². The van der Waals surface area contributed by atoms with Crippen LogP contribution in [-0.2, 0) is 10.0 Å². The summed E-state index contributed by atoms with van der Waals surface area (Å²) in [5, 5.41) is 5.06. The van der Waals surface area contributed by atoms with Crippen molar-refractivity contribution in [1.82, 2.24) is 4.90 Å². The summed E-state index contributed by atoms with van der Waals surface area (Å²) in [6.45, 7) is 5.96. The van der Waals surface area contributed by atoms with E-state index in [1.807, 2.05) is 6.08 Å². The molecule has 1 amide bonds. The van der Waals surface area contributed by atoms with Gasteiger partial charge in [0, 0.05) is 19.2 Å². The summed E-state index contributed by atoms with van der Waals surface area (Å²) in [4.78, 5) is 13.9. The molecule has 0 saturated carbocycles. The predicted octanol–water partition coefficient (Wildman–Crippen LogP) is 1.68. The lowest BCUT2D eigenvalue weighted by molar-refractivity contribution is 0.0793. The van der Waals surface area contributed by atoms with Crippen LogP contribution in [0.1, 0.15) is 28.8 Å². The molecule has 2 N–H and O–H groups in total. The van der Waals surface area contributed by atoms with E-state index in [9.17, 15) is 13.2 Å². The Morgan fingerprint density at radius 2 is 2.10 bits per heavy atom. The Bertz CT molecular complexity index is 609. The number of amides is 1. The molecule has 110 valence electrons. The van der Waals surface area contributed by atoms with Gasteiger partial charge in [-0.05, 0) is 43.5 Å². The van der Waals surface area contributed by atoms with Crippen LogP contribution >= 0.6 is 0 Å². The maximum atomic E-state index is 12.2. The van der Waals surface area contributed by atoms with Crippen molar-refractivity contribution in [3.8, 4) is 0 Å². The van der Waals surface area contributed by atoms with Gasteiger partial charge in [-0.15, -0.1) is 6.58 Å². The molecule has 0 aliphatic rings. The van der Waals surface area contributed by atoms with Crippen molar-refractivity contribution in [3.63, 3.8) is 0 Å². The Balaban J connectivity index is 2.92. The van der Waals surface area contributed by atoms with Crippen LogP contribution in [0.2, 0.25) is 0 Å². The normalized spacial score (nSPS) is 11.2. The Morgan fingerprint density at radius 1 is 1.45 bits per heavy atom. The van der Waals surface area contributed by atoms with Crippen LogP contribution in [0.5, 0.6) is 0 Å². The zero-order valence-electron chi connectivity index (χ0n) is 11.8. The molecule has 0 heterocycles. The number of primary sulfonamides is 1. The molecular weight excluding hydrogens is 276 g/mol. The maximum absolute atomic E-state index is 12.2. The lowest BCUT2D eigenvalue weighted by atomic mass is 10.1. The zero-order valence-corrected chi connectivity index (χ0v) is 12.6. The zero-order chi connectivity index (χ0) is 15.3. The van der Waals surface area contributed by atoms with Gasteiger partial charge in [0.1, 0.15) is 0 Å². The number of nitrogens with two attached hydrogens (primary N) is 1. The topological polar surface area (TPSA) is 80.5 Å². The lowest BCUT2D eigenvalue weighted by Crippen LogP contribution is -2.28. The van der Waals surface area contributed by atoms with Crippen LogP contribution in [0.15, 0.2) is 35.7 Å². The average molecular weight is 296 g/mol. The number of carbonyl (C=O) groups is 1. The van der Waals surface area contributed by atoms with Gasteiger partial charge in [-0.3, -0.25) is 4.79 Å². The fraction of sp³-hybridized carbons (Fsp3) is 0.357. The van der Waals surface area contributed by atoms with Gasteiger partial charge in [0.05, 0.1) is 4.90 Å². The molecule has 1 aromatic rings. The second-order valence-electron chi connectivity index (χ2n) is 4.68. The quantitative estimate of drug-likeness (QED) is 0.640. The summed E-state index contributed by atoms with van der Waals surface area (Å²) in [5.41, 5.74) is 1.08. The lowest BCUT2D eigenvalue weighted by Gasteiger charge is -2.18. The number of rotatable bonds is 6. The average Bonchev–Trinajstić information content (AvgIpc) is 2.37. The minimum Gasteiger partial charge on any atom is -0.342 e. The number of benzene rings is 1. The third-order valence-electron chi connectivity index (χ3n) is 3.01. The molecule has 1 rings (SSSR count). The van der Waals surface area contributed by atoms with Crippen LogP contribution < -0.4 is 5.14 Å². The van der Waals surface area contributed by atoms with Crippen LogP contribution in [0.4, 0.5) is 0 Å². The molecule has 20 heavy (non-hydrogen) atoms. The van der Waals surface area contributed by atoms with Crippen molar-refractivity contribution in [2.75, 3.05) is 13.6 Å². The number of hydrogen-bond donors (Lipinski definition) is 1. The minimum absolute atomic E-state index is 0.0147.